The van der Waals surface area contributed by atoms with Crippen molar-refractivity contribution in [1.29, 1.82) is 0 Å². The summed E-state index contributed by atoms with van der Waals surface area (Å²) in [5.41, 5.74) is 0.450. The zero-order chi connectivity index (χ0) is 17.4. The van der Waals surface area contributed by atoms with Crippen LogP contribution in [0.4, 0.5) is 0 Å². The largest absolute Gasteiger partial charge is 0.487 e. The Morgan fingerprint density at radius 3 is 2.46 bits per heavy atom. The summed E-state index contributed by atoms with van der Waals surface area (Å²) < 4.78 is 34.3. The maximum atomic E-state index is 12.8. The molecule has 0 spiro atoms. The van der Waals surface area contributed by atoms with E-state index in [0.717, 1.165) is 16.2 Å². The molecule has 128 valence electrons. The third kappa shape index (κ3) is 3.61. The normalized spacial score (nSPS) is 19.4. The maximum Gasteiger partial charge on any atom is 0.241 e. The molecule has 1 aliphatic rings. The van der Waals surface area contributed by atoms with Gasteiger partial charge >= 0.3 is 0 Å². The van der Waals surface area contributed by atoms with Crippen molar-refractivity contribution in [2.24, 2.45) is 0 Å². The number of ether oxygens (including phenoxy) is 1. The minimum Gasteiger partial charge on any atom is -0.487 e. The van der Waals surface area contributed by atoms with Crippen molar-refractivity contribution in [1.82, 2.24) is 4.72 Å². The van der Waals surface area contributed by atoms with E-state index in [1.54, 1.807) is 23.9 Å². The second-order valence-electron chi connectivity index (χ2n) is 6.45. The highest BCUT2D eigenvalue weighted by atomic mass is 32.2. The van der Waals surface area contributed by atoms with Gasteiger partial charge in [0.25, 0.3) is 0 Å². The maximum absolute atomic E-state index is 12.8. The molecule has 1 unspecified atom stereocenters. The van der Waals surface area contributed by atoms with Crippen molar-refractivity contribution < 1.29 is 13.2 Å². The van der Waals surface area contributed by atoms with Gasteiger partial charge in [-0.1, -0.05) is 18.2 Å². The summed E-state index contributed by atoms with van der Waals surface area (Å²) in [6, 6.07) is 14.2. The van der Waals surface area contributed by atoms with Crippen molar-refractivity contribution in [3.8, 4) is 5.75 Å². The topological polar surface area (TPSA) is 55.4 Å². The van der Waals surface area contributed by atoms with E-state index >= 15 is 0 Å². The van der Waals surface area contributed by atoms with Gasteiger partial charge in [0.1, 0.15) is 11.4 Å². The molecule has 0 amide bonds. The predicted molar refractivity (Wildman–Crippen MR) is 97.1 cm³/mol. The Hall–Kier alpha value is -1.50. The summed E-state index contributed by atoms with van der Waals surface area (Å²) >= 11 is 1.58. The van der Waals surface area contributed by atoms with Crippen molar-refractivity contribution in [3.63, 3.8) is 0 Å². The third-order valence-corrected chi connectivity index (χ3v) is 6.27. The molecular formula is C18H21NO3S2. The first-order chi connectivity index (χ1) is 11.3. The molecule has 0 fully saturated rings. The number of sulfonamides is 1. The molecule has 6 heteroatoms. The van der Waals surface area contributed by atoms with Crippen LogP contribution in [-0.4, -0.2) is 20.3 Å². The second-order valence-corrected chi connectivity index (χ2v) is 9.05. The third-order valence-electron chi connectivity index (χ3n) is 4.04. The summed E-state index contributed by atoms with van der Waals surface area (Å²) in [6.45, 7) is 3.94. The number of para-hydroxylation sites is 1. The molecule has 0 bridgehead atoms. The van der Waals surface area contributed by atoms with E-state index in [-0.39, 0.29) is 10.9 Å². The van der Waals surface area contributed by atoms with Crippen molar-refractivity contribution in [2.45, 2.75) is 41.7 Å². The first kappa shape index (κ1) is 17.3. The molecule has 4 nitrogen and oxygen atoms in total. The van der Waals surface area contributed by atoms with Gasteiger partial charge < -0.3 is 4.74 Å². The Morgan fingerprint density at radius 2 is 1.79 bits per heavy atom. The summed E-state index contributed by atoms with van der Waals surface area (Å²) in [7, 11) is -3.59. The summed E-state index contributed by atoms with van der Waals surface area (Å²) in [5, 5.41) is 0. The minimum absolute atomic E-state index is 0.280. The van der Waals surface area contributed by atoms with Crippen LogP contribution in [-0.2, 0) is 10.0 Å². The van der Waals surface area contributed by atoms with E-state index < -0.39 is 15.6 Å². The van der Waals surface area contributed by atoms with Gasteiger partial charge in [-0.3, -0.25) is 0 Å². The lowest BCUT2D eigenvalue weighted by molar-refractivity contribution is 0.0702. The summed E-state index contributed by atoms with van der Waals surface area (Å²) in [4.78, 5) is 1.31. The molecule has 1 aliphatic heterocycles. The fraction of sp³-hybridized carbons (Fsp3) is 0.333. The molecule has 0 saturated carbocycles. The summed E-state index contributed by atoms with van der Waals surface area (Å²) in [5.74, 6) is 0.735. The minimum atomic E-state index is -3.59. The Kier molecular flexibility index (Phi) is 4.64. The molecule has 3 rings (SSSR count). The van der Waals surface area contributed by atoms with Crippen LogP contribution in [0.1, 0.15) is 31.9 Å². The van der Waals surface area contributed by atoms with E-state index in [4.69, 9.17) is 4.74 Å². The molecule has 1 N–H and O–H groups in total. The number of nitrogens with one attached hydrogen (secondary N) is 1. The Balaban J connectivity index is 1.91. The van der Waals surface area contributed by atoms with Gasteiger partial charge in [0, 0.05) is 16.9 Å². The standard InChI is InChI=1S/C18H21NO3S2/c1-18(2)12-16(15-6-4-5-7-17(15)22-18)19-24(20,21)14-10-8-13(23-3)9-11-14/h4-11,16,19H,12H2,1-3H3. The SMILES string of the molecule is CSc1ccc(S(=O)(=O)NC2CC(C)(C)Oc3ccccc32)cc1. The molecule has 0 aromatic heterocycles. The van der Waals surface area contributed by atoms with Crippen LogP contribution >= 0.6 is 11.8 Å². The van der Waals surface area contributed by atoms with Crippen LogP contribution in [0.3, 0.4) is 0 Å². The highest BCUT2D eigenvalue weighted by Crippen LogP contribution is 2.39. The summed E-state index contributed by atoms with van der Waals surface area (Å²) in [6.07, 6.45) is 2.54. The van der Waals surface area contributed by atoms with Crippen LogP contribution in [0, 0.1) is 0 Å². The quantitative estimate of drug-likeness (QED) is 0.835. The van der Waals surface area contributed by atoms with Crippen LogP contribution in [0.2, 0.25) is 0 Å². The van der Waals surface area contributed by atoms with Crippen LogP contribution < -0.4 is 9.46 Å². The van der Waals surface area contributed by atoms with E-state index in [9.17, 15) is 8.42 Å². The lowest BCUT2D eigenvalue weighted by Gasteiger charge is -2.37. The van der Waals surface area contributed by atoms with Gasteiger partial charge in [0.15, 0.2) is 0 Å². The Morgan fingerprint density at radius 1 is 1.12 bits per heavy atom. The van der Waals surface area contributed by atoms with Crippen LogP contribution in [0.25, 0.3) is 0 Å². The molecule has 0 radical (unpaired) electrons. The molecule has 1 heterocycles. The highest BCUT2D eigenvalue weighted by Gasteiger charge is 2.35. The Labute approximate surface area is 147 Å². The van der Waals surface area contributed by atoms with Crippen molar-refractivity contribution in [2.75, 3.05) is 6.26 Å². The van der Waals surface area contributed by atoms with Crippen molar-refractivity contribution in [3.05, 3.63) is 54.1 Å². The lowest BCUT2D eigenvalue weighted by Crippen LogP contribution is -2.41. The van der Waals surface area contributed by atoms with E-state index in [0.29, 0.717) is 6.42 Å². The molecule has 0 aliphatic carbocycles. The average Bonchev–Trinajstić information content (AvgIpc) is 2.53. The first-order valence-corrected chi connectivity index (χ1v) is 10.5. The zero-order valence-corrected chi connectivity index (χ0v) is 15.6. The number of rotatable bonds is 4. The number of thioether (sulfide) groups is 1. The number of fused-ring (bicyclic) bond motifs is 1. The zero-order valence-electron chi connectivity index (χ0n) is 13.9. The van der Waals surface area contributed by atoms with E-state index in [1.165, 1.54) is 0 Å². The van der Waals surface area contributed by atoms with Crippen molar-refractivity contribution >= 4 is 21.8 Å². The molecular weight excluding hydrogens is 342 g/mol. The van der Waals surface area contributed by atoms with E-state index in [2.05, 4.69) is 4.72 Å². The molecule has 2 aromatic rings. The number of hydrogen-bond acceptors (Lipinski definition) is 4. The lowest BCUT2D eigenvalue weighted by atomic mass is 9.90. The smallest absolute Gasteiger partial charge is 0.241 e. The second kappa shape index (κ2) is 6.43. The van der Waals surface area contributed by atoms with Crippen LogP contribution in [0.15, 0.2) is 58.3 Å². The Bertz CT molecular complexity index is 830. The average molecular weight is 364 g/mol. The van der Waals surface area contributed by atoms with Gasteiger partial charge in [-0.05, 0) is 50.4 Å². The highest BCUT2D eigenvalue weighted by molar-refractivity contribution is 7.98. The van der Waals surface area contributed by atoms with Gasteiger partial charge in [-0.2, -0.15) is 0 Å². The number of benzene rings is 2. The van der Waals surface area contributed by atoms with Gasteiger partial charge in [-0.25, -0.2) is 13.1 Å². The monoisotopic (exact) mass is 363 g/mol. The van der Waals surface area contributed by atoms with E-state index in [1.807, 2.05) is 56.5 Å². The first-order valence-electron chi connectivity index (χ1n) is 7.75. The fourth-order valence-corrected chi connectivity index (χ4v) is 4.54. The molecule has 1 atom stereocenters. The van der Waals surface area contributed by atoms with Gasteiger partial charge in [0.05, 0.1) is 10.9 Å². The molecule has 24 heavy (non-hydrogen) atoms. The van der Waals surface area contributed by atoms with Gasteiger partial charge in [0.2, 0.25) is 10.0 Å². The predicted octanol–water partition coefficient (Wildman–Crippen LogP) is 3.99. The molecule has 2 aromatic carbocycles. The molecule has 0 saturated heterocycles. The fourth-order valence-electron chi connectivity index (χ4n) is 2.92. The van der Waals surface area contributed by atoms with Crippen LogP contribution in [0.5, 0.6) is 5.75 Å². The van der Waals surface area contributed by atoms with Gasteiger partial charge in [-0.15, -0.1) is 11.8 Å². The number of hydrogen-bond donors (Lipinski definition) is 1.